The van der Waals surface area contributed by atoms with Crippen molar-refractivity contribution in [3.8, 4) is 0 Å². The number of hydrogen-bond acceptors (Lipinski definition) is 1. The fourth-order valence-corrected chi connectivity index (χ4v) is 1.74. The van der Waals surface area contributed by atoms with Gasteiger partial charge in [-0.05, 0) is 36.6 Å². The molecule has 3 heteroatoms. The van der Waals surface area contributed by atoms with E-state index < -0.39 is 0 Å². The van der Waals surface area contributed by atoms with Crippen molar-refractivity contribution in [1.82, 2.24) is 0 Å². The molecule has 14 heavy (non-hydrogen) atoms. The molecule has 0 aliphatic rings. The van der Waals surface area contributed by atoms with Gasteiger partial charge in [-0.2, -0.15) is 0 Å². The summed E-state index contributed by atoms with van der Waals surface area (Å²) in [7, 11) is 0. The molecule has 1 nitrogen and oxygen atoms in total. The van der Waals surface area contributed by atoms with Crippen LogP contribution < -0.4 is 0 Å². The second-order valence-corrected chi connectivity index (χ2v) is 3.88. The zero-order valence-corrected chi connectivity index (χ0v) is 8.94. The fourth-order valence-electron chi connectivity index (χ4n) is 1.43. The second kappa shape index (κ2) is 4.56. The Bertz CT molecular complexity index is 349. The Hall–Kier alpha value is -0.890. The minimum absolute atomic E-state index is 0.0318. The smallest absolute Gasteiger partial charge is 0.130 e. The highest BCUT2D eigenvalue weighted by Crippen LogP contribution is 2.27. The van der Waals surface area contributed by atoms with Crippen LogP contribution in [0, 0.1) is 5.82 Å². The van der Waals surface area contributed by atoms with Crippen molar-refractivity contribution in [3.05, 3.63) is 34.6 Å². The van der Waals surface area contributed by atoms with E-state index >= 15 is 0 Å². The van der Waals surface area contributed by atoms with Crippen LogP contribution in [0.2, 0.25) is 5.02 Å². The Kier molecular flexibility index (Phi) is 3.64. The van der Waals surface area contributed by atoms with Crippen molar-refractivity contribution in [2.45, 2.75) is 26.2 Å². The Morgan fingerprint density at radius 1 is 1.57 bits per heavy atom. The summed E-state index contributed by atoms with van der Waals surface area (Å²) in [6.45, 7) is 3.38. The highest BCUT2D eigenvalue weighted by Gasteiger charge is 2.12. The van der Waals surface area contributed by atoms with Crippen LogP contribution in [0.15, 0.2) is 18.2 Å². The van der Waals surface area contributed by atoms with Crippen molar-refractivity contribution >= 4 is 17.4 Å². The molecule has 0 aliphatic heterocycles. The van der Waals surface area contributed by atoms with Crippen LogP contribution >= 0.6 is 11.6 Å². The monoisotopic (exact) mass is 214 g/mol. The van der Waals surface area contributed by atoms with E-state index in [1.807, 2.05) is 6.92 Å². The van der Waals surface area contributed by atoms with Gasteiger partial charge in [0.2, 0.25) is 0 Å². The van der Waals surface area contributed by atoms with Gasteiger partial charge >= 0.3 is 0 Å². The van der Waals surface area contributed by atoms with Crippen molar-refractivity contribution in [2.24, 2.45) is 0 Å². The van der Waals surface area contributed by atoms with Crippen LogP contribution in [0.4, 0.5) is 4.39 Å². The Balaban J connectivity index is 2.93. The van der Waals surface area contributed by atoms with E-state index in [1.54, 1.807) is 0 Å². The lowest BCUT2D eigenvalue weighted by molar-refractivity contribution is -0.117. The van der Waals surface area contributed by atoms with Gasteiger partial charge in [0.05, 0.1) is 0 Å². The summed E-state index contributed by atoms with van der Waals surface area (Å²) in [5.74, 6) is -0.270. The number of carbonyl (C=O) groups excluding carboxylic acids is 1. The van der Waals surface area contributed by atoms with Gasteiger partial charge in [0.15, 0.2) is 0 Å². The lowest BCUT2D eigenvalue weighted by Crippen LogP contribution is -2.01. The first-order valence-electron chi connectivity index (χ1n) is 4.45. The molecule has 76 valence electrons. The minimum Gasteiger partial charge on any atom is -0.300 e. The molecule has 0 N–H and O–H groups in total. The first kappa shape index (κ1) is 11.2. The molecule has 0 heterocycles. The first-order chi connectivity index (χ1) is 6.50. The molecule has 0 spiro atoms. The molecule has 0 saturated heterocycles. The van der Waals surface area contributed by atoms with Crippen LogP contribution in [0.3, 0.4) is 0 Å². The molecule has 0 fully saturated rings. The molecule has 0 saturated carbocycles. The van der Waals surface area contributed by atoms with Crippen LogP contribution in [0.25, 0.3) is 0 Å². The Morgan fingerprint density at radius 3 is 2.79 bits per heavy atom. The van der Waals surface area contributed by atoms with E-state index in [9.17, 15) is 9.18 Å². The fraction of sp³-hybridized carbons (Fsp3) is 0.364. The normalized spacial score (nSPS) is 12.6. The Labute approximate surface area is 87.9 Å². The number of Topliss-reactive ketones (excluding diaryl/α,β-unsaturated/α-hetero) is 1. The molecule has 0 radical (unpaired) electrons. The zero-order valence-electron chi connectivity index (χ0n) is 8.18. The van der Waals surface area contributed by atoms with Gasteiger partial charge in [-0.3, -0.25) is 0 Å². The van der Waals surface area contributed by atoms with Crippen LogP contribution in [0.5, 0.6) is 0 Å². The van der Waals surface area contributed by atoms with Gasteiger partial charge in [0.25, 0.3) is 0 Å². The van der Waals surface area contributed by atoms with Gasteiger partial charge in [0, 0.05) is 11.4 Å². The molecule has 1 rings (SSSR count). The highest BCUT2D eigenvalue weighted by atomic mass is 35.5. The van der Waals surface area contributed by atoms with Gasteiger partial charge in [-0.1, -0.05) is 18.5 Å². The molecule has 1 atom stereocenters. The van der Waals surface area contributed by atoms with Crippen molar-refractivity contribution in [3.63, 3.8) is 0 Å². The second-order valence-electron chi connectivity index (χ2n) is 3.47. The number of hydrogen-bond donors (Lipinski definition) is 0. The maximum atomic E-state index is 12.9. The van der Waals surface area contributed by atoms with Gasteiger partial charge < -0.3 is 4.79 Å². The third-order valence-electron chi connectivity index (χ3n) is 2.08. The molecule has 1 unspecified atom stereocenters. The third-order valence-corrected chi connectivity index (χ3v) is 2.43. The lowest BCUT2D eigenvalue weighted by atomic mass is 9.96. The quantitative estimate of drug-likeness (QED) is 0.752. The van der Waals surface area contributed by atoms with Crippen molar-refractivity contribution in [1.29, 1.82) is 0 Å². The maximum Gasteiger partial charge on any atom is 0.130 e. The summed E-state index contributed by atoms with van der Waals surface area (Å²) in [6.07, 6.45) is 0.392. The highest BCUT2D eigenvalue weighted by molar-refractivity contribution is 6.31. The zero-order chi connectivity index (χ0) is 10.7. The standard InChI is InChI=1S/C11H12ClFO/c1-7(5-8(2)14)10-6-9(13)3-4-11(10)12/h3-4,6-7H,5H2,1-2H3. The van der Waals surface area contributed by atoms with Crippen LogP contribution in [0.1, 0.15) is 31.7 Å². The third kappa shape index (κ3) is 2.81. The van der Waals surface area contributed by atoms with E-state index in [1.165, 1.54) is 25.1 Å². The van der Waals surface area contributed by atoms with E-state index in [4.69, 9.17) is 11.6 Å². The minimum atomic E-state index is -0.320. The molecule has 0 bridgehead atoms. The topological polar surface area (TPSA) is 17.1 Å². The number of benzene rings is 1. The average Bonchev–Trinajstić information content (AvgIpc) is 2.08. The molecule has 0 amide bonds. The van der Waals surface area contributed by atoms with Gasteiger partial charge in [-0.25, -0.2) is 4.39 Å². The van der Waals surface area contributed by atoms with Crippen molar-refractivity contribution < 1.29 is 9.18 Å². The largest absolute Gasteiger partial charge is 0.300 e. The first-order valence-corrected chi connectivity index (χ1v) is 4.83. The summed E-state index contributed by atoms with van der Waals surface area (Å²) in [4.78, 5) is 10.9. The lowest BCUT2D eigenvalue weighted by Gasteiger charge is -2.11. The van der Waals surface area contributed by atoms with Crippen molar-refractivity contribution in [2.75, 3.05) is 0 Å². The summed E-state index contributed by atoms with van der Waals surface area (Å²) in [6, 6.07) is 4.21. The van der Waals surface area contributed by atoms with Crippen LogP contribution in [-0.4, -0.2) is 5.78 Å². The Morgan fingerprint density at radius 2 is 2.21 bits per heavy atom. The predicted octanol–water partition coefficient (Wildman–Crippen LogP) is 3.56. The molecule has 0 aromatic heterocycles. The number of carbonyl (C=O) groups is 1. The number of rotatable bonds is 3. The maximum absolute atomic E-state index is 12.9. The summed E-state index contributed by atoms with van der Waals surface area (Å²) in [5, 5.41) is 0.514. The van der Waals surface area contributed by atoms with E-state index in [0.29, 0.717) is 17.0 Å². The summed E-state index contributed by atoms with van der Waals surface area (Å²) >= 11 is 5.90. The molecule has 1 aromatic carbocycles. The molecular formula is C11H12ClFO. The SMILES string of the molecule is CC(=O)CC(C)c1cc(F)ccc1Cl. The van der Waals surface area contributed by atoms with Gasteiger partial charge in [-0.15, -0.1) is 0 Å². The van der Waals surface area contributed by atoms with Crippen LogP contribution in [-0.2, 0) is 4.79 Å². The number of halogens is 2. The van der Waals surface area contributed by atoms with E-state index in [-0.39, 0.29) is 17.5 Å². The average molecular weight is 215 g/mol. The van der Waals surface area contributed by atoms with Gasteiger partial charge in [0.1, 0.15) is 11.6 Å². The molecule has 0 aliphatic carbocycles. The van der Waals surface area contributed by atoms with E-state index in [0.717, 1.165) is 0 Å². The summed E-state index contributed by atoms with van der Waals surface area (Å²) in [5.41, 5.74) is 0.696. The predicted molar refractivity (Wildman–Crippen MR) is 55.1 cm³/mol. The molecular weight excluding hydrogens is 203 g/mol. The summed E-state index contributed by atoms with van der Waals surface area (Å²) < 4.78 is 12.9. The van der Waals surface area contributed by atoms with E-state index in [2.05, 4.69) is 0 Å². The molecule has 1 aromatic rings. The number of ketones is 1.